The SMILES string of the molecule is COc1cc(CCC(=O)OCC(=O)c2[nH]c(C)c(C(C)=O)c2C)cc(OC)c1OC. The number of ketones is 2. The summed E-state index contributed by atoms with van der Waals surface area (Å²) in [5, 5.41) is 0. The van der Waals surface area contributed by atoms with Crippen molar-refractivity contribution in [2.75, 3.05) is 27.9 Å². The number of ether oxygens (including phenoxy) is 4. The van der Waals surface area contributed by atoms with Crippen LogP contribution in [0.2, 0.25) is 0 Å². The predicted octanol–water partition coefficient (Wildman–Crippen LogP) is 3.22. The molecule has 0 spiro atoms. The van der Waals surface area contributed by atoms with E-state index in [4.69, 9.17) is 18.9 Å². The van der Waals surface area contributed by atoms with Crippen molar-refractivity contribution in [3.05, 3.63) is 40.2 Å². The Kier molecular flexibility index (Phi) is 7.63. The Hall–Kier alpha value is -3.29. The first kappa shape index (κ1) is 23.0. The van der Waals surface area contributed by atoms with Crippen LogP contribution in [0.5, 0.6) is 17.2 Å². The van der Waals surface area contributed by atoms with Crippen LogP contribution >= 0.6 is 0 Å². The molecule has 1 aromatic heterocycles. The molecule has 0 amide bonds. The minimum atomic E-state index is -0.509. The molecule has 0 aliphatic rings. The molecule has 1 N–H and O–H groups in total. The molecule has 0 radical (unpaired) electrons. The molecule has 8 nitrogen and oxygen atoms in total. The number of Topliss-reactive ketones (excluding diaryl/α,β-unsaturated/α-hetero) is 2. The molecule has 162 valence electrons. The Morgan fingerprint density at radius 2 is 1.57 bits per heavy atom. The normalized spacial score (nSPS) is 10.5. The zero-order valence-electron chi connectivity index (χ0n) is 18.1. The number of rotatable bonds is 10. The average Bonchev–Trinajstić information content (AvgIpc) is 3.03. The van der Waals surface area contributed by atoms with E-state index in [1.165, 1.54) is 28.3 Å². The van der Waals surface area contributed by atoms with E-state index in [0.29, 0.717) is 40.5 Å². The van der Waals surface area contributed by atoms with E-state index in [1.807, 2.05) is 0 Å². The van der Waals surface area contributed by atoms with Crippen LogP contribution < -0.4 is 14.2 Å². The molecule has 1 heterocycles. The summed E-state index contributed by atoms with van der Waals surface area (Å²) in [5.41, 5.74) is 2.77. The fourth-order valence-electron chi connectivity index (χ4n) is 3.37. The first-order chi connectivity index (χ1) is 14.2. The molecule has 0 saturated heterocycles. The summed E-state index contributed by atoms with van der Waals surface area (Å²) < 4.78 is 21.0. The van der Waals surface area contributed by atoms with Crippen LogP contribution in [0.4, 0.5) is 0 Å². The number of H-pyrrole nitrogens is 1. The second-order valence-electron chi connectivity index (χ2n) is 6.80. The number of aromatic nitrogens is 1. The molecule has 0 aliphatic carbocycles. The Bertz CT molecular complexity index is 934. The largest absolute Gasteiger partial charge is 0.493 e. The molecular formula is C22H27NO7. The lowest BCUT2D eigenvalue weighted by molar-refractivity contribution is -0.142. The van der Waals surface area contributed by atoms with E-state index < -0.39 is 12.6 Å². The molecule has 1 aromatic carbocycles. The summed E-state index contributed by atoms with van der Waals surface area (Å²) in [5.74, 6) is 0.443. The van der Waals surface area contributed by atoms with Gasteiger partial charge in [-0.25, -0.2) is 0 Å². The first-order valence-corrected chi connectivity index (χ1v) is 9.41. The van der Waals surface area contributed by atoms with Gasteiger partial charge in [0.25, 0.3) is 0 Å². The summed E-state index contributed by atoms with van der Waals surface area (Å²) >= 11 is 0. The van der Waals surface area contributed by atoms with Crippen LogP contribution in [-0.2, 0) is 16.0 Å². The number of hydrogen-bond donors (Lipinski definition) is 1. The molecular weight excluding hydrogens is 390 g/mol. The number of esters is 1. The maximum Gasteiger partial charge on any atom is 0.306 e. The van der Waals surface area contributed by atoms with Crippen molar-refractivity contribution in [3.8, 4) is 17.2 Å². The van der Waals surface area contributed by atoms with Crippen LogP contribution in [0.15, 0.2) is 12.1 Å². The maximum atomic E-state index is 12.4. The lowest BCUT2D eigenvalue weighted by Gasteiger charge is -2.14. The van der Waals surface area contributed by atoms with Gasteiger partial charge in [-0.15, -0.1) is 0 Å². The van der Waals surface area contributed by atoms with Gasteiger partial charge in [0.1, 0.15) is 0 Å². The van der Waals surface area contributed by atoms with Gasteiger partial charge in [0.15, 0.2) is 23.9 Å². The van der Waals surface area contributed by atoms with Gasteiger partial charge in [0, 0.05) is 17.7 Å². The third kappa shape index (κ3) is 5.00. The number of methoxy groups -OCH3 is 3. The fourth-order valence-corrected chi connectivity index (χ4v) is 3.37. The standard InChI is InChI=1S/C22H27NO7/c1-12-20(14(3)24)13(2)23-21(12)16(25)11-30-19(26)8-7-15-9-17(27-4)22(29-6)18(10-15)28-5/h9-10,23H,7-8,11H2,1-6H3. The Morgan fingerprint density at radius 3 is 2.03 bits per heavy atom. The number of benzene rings is 1. The molecule has 0 atom stereocenters. The van der Waals surface area contributed by atoms with E-state index in [9.17, 15) is 14.4 Å². The average molecular weight is 417 g/mol. The van der Waals surface area contributed by atoms with Gasteiger partial charge < -0.3 is 23.9 Å². The lowest BCUT2D eigenvalue weighted by atomic mass is 10.1. The number of aryl methyl sites for hydroxylation is 2. The zero-order valence-corrected chi connectivity index (χ0v) is 18.1. The third-order valence-corrected chi connectivity index (χ3v) is 4.77. The van der Waals surface area contributed by atoms with E-state index in [-0.39, 0.29) is 23.7 Å². The third-order valence-electron chi connectivity index (χ3n) is 4.77. The van der Waals surface area contributed by atoms with E-state index in [0.717, 1.165) is 5.56 Å². The van der Waals surface area contributed by atoms with Crippen LogP contribution in [0.25, 0.3) is 0 Å². The number of aromatic amines is 1. The van der Waals surface area contributed by atoms with E-state index in [1.54, 1.807) is 26.0 Å². The molecule has 0 bridgehead atoms. The van der Waals surface area contributed by atoms with Gasteiger partial charge >= 0.3 is 5.97 Å². The van der Waals surface area contributed by atoms with Gasteiger partial charge in [0.2, 0.25) is 11.5 Å². The molecule has 0 saturated carbocycles. The van der Waals surface area contributed by atoms with Crippen molar-refractivity contribution >= 4 is 17.5 Å². The van der Waals surface area contributed by atoms with Gasteiger partial charge in [-0.05, 0) is 50.5 Å². The van der Waals surface area contributed by atoms with Crippen molar-refractivity contribution in [2.45, 2.75) is 33.6 Å². The lowest BCUT2D eigenvalue weighted by Crippen LogP contribution is -2.15. The molecule has 0 fully saturated rings. The molecule has 2 rings (SSSR count). The van der Waals surface area contributed by atoms with Gasteiger partial charge in [-0.1, -0.05) is 0 Å². The first-order valence-electron chi connectivity index (χ1n) is 9.41. The second-order valence-corrected chi connectivity index (χ2v) is 6.80. The van der Waals surface area contributed by atoms with Gasteiger partial charge in [-0.3, -0.25) is 14.4 Å². The summed E-state index contributed by atoms with van der Waals surface area (Å²) in [6.45, 7) is 4.47. The maximum absolute atomic E-state index is 12.4. The minimum Gasteiger partial charge on any atom is -0.493 e. The topological polar surface area (TPSA) is 104 Å². The number of hydrogen-bond acceptors (Lipinski definition) is 7. The summed E-state index contributed by atoms with van der Waals surface area (Å²) in [7, 11) is 4.55. The molecule has 0 unspecified atom stereocenters. The summed E-state index contributed by atoms with van der Waals surface area (Å²) in [6, 6.07) is 3.52. The second kappa shape index (κ2) is 9.96. The van der Waals surface area contributed by atoms with Gasteiger partial charge in [-0.2, -0.15) is 0 Å². The Labute approximate surface area is 175 Å². The van der Waals surface area contributed by atoms with Crippen LogP contribution in [0.3, 0.4) is 0 Å². The smallest absolute Gasteiger partial charge is 0.306 e. The van der Waals surface area contributed by atoms with Crippen LogP contribution in [0.1, 0.15) is 51.0 Å². The summed E-state index contributed by atoms with van der Waals surface area (Å²) in [6.07, 6.45) is 0.451. The van der Waals surface area contributed by atoms with Crippen molar-refractivity contribution in [2.24, 2.45) is 0 Å². The molecule has 2 aromatic rings. The molecule has 0 aliphatic heterocycles. The van der Waals surface area contributed by atoms with Crippen LogP contribution in [-0.4, -0.2) is 50.5 Å². The van der Waals surface area contributed by atoms with Crippen molar-refractivity contribution in [1.82, 2.24) is 4.98 Å². The Morgan fingerprint density at radius 1 is 0.967 bits per heavy atom. The highest BCUT2D eigenvalue weighted by atomic mass is 16.5. The molecule has 30 heavy (non-hydrogen) atoms. The highest BCUT2D eigenvalue weighted by Gasteiger charge is 2.21. The zero-order chi connectivity index (χ0) is 22.4. The minimum absolute atomic E-state index is 0.0767. The molecule has 8 heteroatoms. The highest BCUT2D eigenvalue weighted by Crippen LogP contribution is 2.38. The van der Waals surface area contributed by atoms with Gasteiger partial charge in [0.05, 0.1) is 27.0 Å². The number of carbonyl (C=O) groups is 3. The monoisotopic (exact) mass is 417 g/mol. The highest BCUT2D eigenvalue weighted by molar-refractivity contribution is 6.04. The van der Waals surface area contributed by atoms with Crippen molar-refractivity contribution < 1.29 is 33.3 Å². The quantitative estimate of drug-likeness (QED) is 0.467. The summed E-state index contributed by atoms with van der Waals surface area (Å²) in [4.78, 5) is 39.1. The fraction of sp³-hybridized carbons (Fsp3) is 0.409. The van der Waals surface area contributed by atoms with E-state index in [2.05, 4.69) is 4.98 Å². The Balaban J connectivity index is 1.98. The predicted molar refractivity (Wildman–Crippen MR) is 110 cm³/mol. The van der Waals surface area contributed by atoms with Crippen LogP contribution in [0, 0.1) is 13.8 Å². The van der Waals surface area contributed by atoms with Crippen molar-refractivity contribution in [3.63, 3.8) is 0 Å². The van der Waals surface area contributed by atoms with E-state index >= 15 is 0 Å². The number of carbonyl (C=O) groups excluding carboxylic acids is 3. The number of nitrogens with one attached hydrogen (secondary N) is 1. The van der Waals surface area contributed by atoms with Crippen molar-refractivity contribution in [1.29, 1.82) is 0 Å².